The summed E-state index contributed by atoms with van der Waals surface area (Å²) in [7, 11) is 2.84. The van der Waals surface area contributed by atoms with Gasteiger partial charge in [0.15, 0.2) is 0 Å². The number of benzene rings is 1. The maximum Gasteiger partial charge on any atom is 0.325 e. The molecule has 26 heavy (non-hydrogen) atoms. The maximum atomic E-state index is 12.5. The number of nitrogens with zero attached hydrogens (tertiary/aromatic N) is 2. The van der Waals surface area contributed by atoms with Crippen molar-refractivity contribution in [1.29, 1.82) is 0 Å². The van der Waals surface area contributed by atoms with Crippen LogP contribution in [0.25, 0.3) is 0 Å². The molecular formula is C19H25N3O4. The van der Waals surface area contributed by atoms with E-state index in [-0.39, 0.29) is 30.8 Å². The SMILES string of the molecule is COC(=O)CN(C)C(=O)C[C@H]1C(=O)NCCN1C1Cc2ccccc2C1. The first-order valence-electron chi connectivity index (χ1n) is 8.90. The van der Waals surface area contributed by atoms with Crippen LogP contribution in [0.4, 0.5) is 0 Å². The Hall–Kier alpha value is -2.41. The quantitative estimate of drug-likeness (QED) is 0.748. The second kappa shape index (κ2) is 7.86. The van der Waals surface area contributed by atoms with Crippen LogP contribution in [0.5, 0.6) is 0 Å². The molecule has 0 spiro atoms. The van der Waals surface area contributed by atoms with Crippen LogP contribution in [0, 0.1) is 0 Å². The van der Waals surface area contributed by atoms with Crippen molar-refractivity contribution >= 4 is 17.8 Å². The van der Waals surface area contributed by atoms with Gasteiger partial charge in [0.1, 0.15) is 6.54 Å². The molecule has 7 heteroatoms. The van der Waals surface area contributed by atoms with Gasteiger partial charge < -0.3 is 15.0 Å². The summed E-state index contributed by atoms with van der Waals surface area (Å²) in [6.07, 6.45) is 1.85. The maximum absolute atomic E-state index is 12.5. The Balaban J connectivity index is 1.68. The Morgan fingerprint density at radius 1 is 1.27 bits per heavy atom. The largest absolute Gasteiger partial charge is 0.468 e. The highest BCUT2D eigenvalue weighted by atomic mass is 16.5. The van der Waals surface area contributed by atoms with Crippen molar-refractivity contribution < 1.29 is 19.1 Å². The van der Waals surface area contributed by atoms with E-state index < -0.39 is 12.0 Å². The van der Waals surface area contributed by atoms with Crippen molar-refractivity contribution in [2.24, 2.45) is 0 Å². The van der Waals surface area contributed by atoms with E-state index in [1.807, 2.05) is 12.1 Å². The van der Waals surface area contributed by atoms with E-state index in [0.29, 0.717) is 6.54 Å². The van der Waals surface area contributed by atoms with E-state index in [2.05, 4.69) is 27.1 Å². The van der Waals surface area contributed by atoms with Gasteiger partial charge in [-0.2, -0.15) is 0 Å². The third-order valence-electron chi connectivity index (χ3n) is 5.26. The minimum absolute atomic E-state index is 0.0617. The Bertz CT molecular complexity index is 681. The first-order chi connectivity index (χ1) is 12.5. The van der Waals surface area contributed by atoms with E-state index in [1.165, 1.54) is 23.1 Å². The highest BCUT2D eigenvalue weighted by molar-refractivity contribution is 5.90. The van der Waals surface area contributed by atoms with Gasteiger partial charge >= 0.3 is 5.97 Å². The number of rotatable bonds is 5. The fraction of sp³-hybridized carbons (Fsp3) is 0.526. The number of carbonyl (C=O) groups is 3. The minimum atomic E-state index is -0.504. The van der Waals surface area contributed by atoms with Gasteiger partial charge in [-0.05, 0) is 24.0 Å². The molecule has 0 radical (unpaired) electrons. The molecule has 0 bridgehead atoms. The number of fused-ring (bicyclic) bond motifs is 1. The van der Waals surface area contributed by atoms with Crippen molar-refractivity contribution in [3.05, 3.63) is 35.4 Å². The number of hydrogen-bond donors (Lipinski definition) is 1. The van der Waals surface area contributed by atoms with Crippen molar-refractivity contribution in [1.82, 2.24) is 15.1 Å². The molecule has 2 amide bonds. The summed E-state index contributed by atoms with van der Waals surface area (Å²) in [6.45, 7) is 1.20. The summed E-state index contributed by atoms with van der Waals surface area (Å²) in [4.78, 5) is 39.8. The Morgan fingerprint density at radius 2 is 1.92 bits per heavy atom. The molecule has 0 unspecified atom stereocenters. The number of likely N-dealkylation sites (N-methyl/N-ethyl adjacent to an activating group) is 1. The monoisotopic (exact) mass is 359 g/mol. The highest BCUT2D eigenvalue weighted by Crippen LogP contribution is 2.28. The molecule has 2 aliphatic rings. The number of amides is 2. The zero-order valence-corrected chi connectivity index (χ0v) is 15.2. The summed E-state index contributed by atoms with van der Waals surface area (Å²) in [5.74, 6) is -0.831. The minimum Gasteiger partial charge on any atom is -0.468 e. The summed E-state index contributed by atoms with van der Waals surface area (Å²) in [5, 5.41) is 2.86. The number of hydrogen-bond acceptors (Lipinski definition) is 5. The topological polar surface area (TPSA) is 78.9 Å². The van der Waals surface area contributed by atoms with Crippen molar-refractivity contribution in [2.45, 2.75) is 31.3 Å². The van der Waals surface area contributed by atoms with Gasteiger partial charge in [-0.15, -0.1) is 0 Å². The Kier molecular flexibility index (Phi) is 5.56. The van der Waals surface area contributed by atoms with Crippen LogP contribution < -0.4 is 5.32 Å². The normalized spacial score (nSPS) is 20.4. The standard InChI is InChI=1S/C19H25N3O4/c1-21(12-18(24)26-2)17(23)11-16-19(25)20-7-8-22(16)15-9-13-5-3-4-6-14(13)10-15/h3-6,15-16H,7-12H2,1-2H3,(H,20,25)/t16-/m0/s1. The van der Waals surface area contributed by atoms with Crippen LogP contribution >= 0.6 is 0 Å². The van der Waals surface area contributed by atoms with Crippen LogP contribution in [-0.2, 0) is 32.0 Å². The molecule has 140 valence electrons. The molecule has 0 aromatic heterocycles. The molecule has 1 heterocycles. The van der Waals surface area contributed by atoms with E-state index in [1.54, 1.807) is 7.05 Å². The first-order valence-corrected chi connectivity index (χ1v) is 8.90. The number of ether oxygens (including phenoxy) is 1. The fourth-order valence-electron chi connectivity index (χ4n) is 3.82. The van der Waals surface area contributed by atoms with Crippen LogP contribution in [0.1, 0.15) is 17.5 Å². The lowest BCUT2D eigenvalue weighted by atomic mass is 10.0. The van der Waals surface area contributed by atoms with Crippen LogP contribution in [0.15, 0.2) is 24.3 Å². The van der Waals surface area contributed by atoms with Crippen LogP contribution in [0.3, 0.4) is 0 Å². The number of esters is 1. The molecular weight excluding hydrogens is 334 g/mol. The van der Waals surface area contributed by atoms with Gasteiger partial charge in [0.2, 0.25) is 11.8 Å². The lowest BCUT2D eigenvalue weighted by molar-refractivity contribution is -0.147. The third kappa shape index (κ3) is 3.88. The van der Waals surface area contributed by atoms with E-state index in [9.17, 15) is 14.4 Å². The van der Waals surface area contributed by atoms with Gasteiger partial charge in [0.25, 0.3) is 0 Å². The van der Waals surface area contributed by atoms with Gasteiger partial charge in [0.05, 0.1) is 19.6 Å². The van der Waals surface area contributed by atoms with Crippen LogP contribution in [-0.4, -0.2) is 73.5 Å². The van der Waals surface area contributed by atoms with Crippen molar-refractivity contribution in [3.8, 4) is 0 Å². The molecule has 1 aromatic carbocycles. The number of carbonyl (C=O) groups excluding carboxylic acids is 3. The van der Waals surface area contributed by atoms with E-state index >= 15 is 0 Å². The summed E-state index contributed by atoms with van der Waals surface area (Å²) >= 11 is 0. The lowest BCUT2D eigenvalue weighted by Crippen LogP contribution is -2.59. The smallest absolute Gasteiger partial charge is 0.325 e. The van der Waals surface area contributed by atoms with Crippen molar-refractivity contribution in [2.75, 3.05) is 33.8 Å². The number of piperazine rings is 1. The summed E-state index contributed by atoms with van der Waals surface area (Å²) < 4.78 is 4.60. The average Bonchev–Trinajstić information content (AvgIpc) is 3.07. The Morgan fingerprint density at radius 3 is 2.54 bits per heavy atom. The molecule has 1 aliphatic heterocycles. The molecule has 1 aromatic rings. The first kappa shape index (κ1) is 18.4. The third-order valence-corrected chi connectivity index (χ3v) is 5.26. The molecule has 1 N–H and O–H groups in total. The van der Waals surface area contributed by atoms with Gasteiger partial charge in [0, 0.05) is 26.2 Å². The predicted octanol–water partition coefficient (Wildman–Crippen LogP) is -0.0243. The zero-order valence-electron chi connectivity index (χ0n) is 15.2. The molecule has 1 aliphatic carbocycles. The molecule has 0 saturated carbocycles. The fourth-order valence-corrected chi connectivity index (χ4v) is 3.82. The second-order valence-corrected chi connectivity index (χ2v) is 6.91. The number of nitrogens with one attached hydrogen (secondary N) is 1. The van der Waals surface area contributed by atoms with E-state index in [0.717, 1.165) is 19.4 Å². The van der Waals surface area contributed by atoms with Crippen LogP contribution in [0.2, 0.25) is 0 Å². The Labute approximate surface area is 153 Å². The lowest BCUT2D eigenvalue weighted by Gasteiger charge is -2.39. The summed E-state index contributed by atoms with van der Waals surface area (Å²) in [5.41, 5.74) is 2.63. The van der Waals surface area contributed by atoms with E-state index in [4.69, 9.17) is 0 Å². The summed E-state index contributed by atoms with van der Waals surface area (Å²) in [6, 6.07) is 8.05. The number of methoxy groups -OCH3 is 1. The molecule has 1 fully saturated rings. The van der Waals surface area contributed by atoms with Gasteiger partial charge in [-0.3, -0.25) is 19.3 Å². The van der Waals surface area contributed by atoms with Crippen molar-refractivity contribution in [3.63, 3.8) is 0 Å². The second-order valence-electron chi connectivity index (χ2n) is 6.91. The predicted molar refractivity (Wildman–Crippen MR) is 95.4 cm³/mol. The molecule has 1 atom stereocenters. The molecule has 1 saturated heterocycles. The zero-order chi connectivity index (χ0) is 18.7. The molecule has 3 rings (SSSR count). The van der Waals surface area contributed by atoms with Gasteiger partial charge in [-0.1, -0.05) is 24.3 Å². The molecule has 7 nitrogen and oxygen atoms in total. The highest BCUT2D eigenvalue weighted by Gasteiger charge is 2.38. The average molecular weight is 359 g/mol. The van der Waals surface area contributed by atoms with Gasteiger partial charge in [-0.25, -0.2) is 0 Å².